The van der Waals surface area contributed by atoms with E-state index >= 15 is 0 Å². The van der Waals surface area contributed by atoms with Crippen LogP contribution in [0.15, 0.2) is 24.4 Å². The molecule has 2 aliphatic rings. The van der Waals surface area contributed by atoms with Gasteiger partial charge in [-0.3, -0.25) is 13.4 Å². The van der Waals surface area contributed by atoms with E-state index in [1.165, 1.54) is 12.8 Å². The Morgan fingerprint density at radius 3 is 2.76 bits per heavy atom. The molecule has 1 saturated carbocycles. The first-order valence-corrected chi connectivity index (χ1v) is 13.2. The van der Waals surface area contributed by atoms with E-state index < -0.39 is 10.8 Å². The zero-order valence-electron chi connectivity index (χ0n) is 19.0. The molecule has 10 nitrogen and oxygen atoms in total. The summed E-state index contributed by atoms with van der Waals surface area (Å²) < 4.78 is 28.2. The molecule has 3 aromatic rings. The zero-order valence-corrected chi connectivity index (χ0v) is 19.9. The first kappa shape index (κ1) is 22.6. The lowest BCUT2D eigenvalue weighted by Gasteiger charge is -2.47. The maximum Gasteiger partial charge on any atom is 0.231 e. The van der Waals surface area contributed by atoms with Gasteiger partial charge in [0.2, 0.25) is 5.95 Å². The number of methoxy groups -OCH3 is 1. The van der Waals surface area contributed by atoms with Gasteiger partial charge in [0, 0.05) is 24.8 Å². The van der Waals surface area contributed by atoms with Crippen LogP contribution in [-0.4, -0.2) is 49.5 Å². The van der Waals surface area contributed by atoms with E-state index in [1.807, 2.05) is 12.1 Å². The molecule has 0 radical (unpaired) electrons. The number of hydrogen-bond donors (Lipinski definition) is 5. The van der Waals surface area contributed by atoms with Crippen molar-refractivity contribution in [2.75, 3.05) is 34.3 Å². The summed E-state index contributed by atoms with van der Waals surface area (Å²) in [7, 11) is -1.25. The Balaban J connectivity index is 1.47. The number of hydrogen-bond acceptors (Lipinski definition) is 9. The molecule has 5 N–H and O–H groups in total. The molecule has 1 aliphatic heterocycles. The van der Waals surface area contributed by atoms with Gasteiger partial charge in [0.25, 0.3) is 0 Å². The quantitative estimate of drug-likeness (QED) is 0.319. The molecule has 1 aliphatic carbocycles. The third kappa shape index (κ3) is 4.32. The number of aromatic nitrogens is 3. The number of rotatable bonds is 6. The smallest absolute Gasteiger partial charge is 0.231 e. The van der Waals surface area contributed by atoms with Crippen molar-refractivity contribution in [3.63, 3.8) is 0 Å². The van der Waals surface area contributed by atoms with Crippen LogP contribution >= 0.6 is 10.8 Å². The lowest BCUT2D eigenvalue weighted by atomic mass is 10.2. The maximum atomic E-state index is 10.5. The average molecular weight is 484 g/mol. The zero-order chi connectivity index (χ0) is 23.7. The first-order valence-electron chi connectivity index (χ1n) is 11.5. The van der Waals surface area contributed by atoms with Gasteiger partial charge in [0.1, 0.15) is 23.3 Å². The number of nitrogens with zero attached hydrogens (tertiary/aromatic N) is 4. The van der Waals surface area contributed by atoms with Gasteiger partial charge in [0.15, 0.2) is 0 Å². The predicted octanol–water partition coefficient (Wildman–Crippen LogP) is 5.20. The van der Waals surface area contributed by atoms with Gasteiger partial charge in [-0.05, 0) is 37.8 Å². The van der Waals surface area contributed by atoms with E-state index in [0.29, 0.717) is 63.8 Å². The maximum absolute atomic E-state index is 10.5. The highest BCUT2D eigenvalue weighted by Crippen LogP contribution is 2.50. The van der Waals surface area contributed by atoms with E-state index in [-0.39, 0.29) is 0 Å². The fourth-order valence-corrected chi connectivity index (χ4v) is 6.39. The van der Waals surface area contributed by atoms with E-state index in [2.05, 4.69) is 26.7 Å². The molecule has 11 heteroatoms. The lowest BCUT2D eigenvalue weighted by Crippen LogP contribution is -2.34. The second-order valence-corrected chi connectivity index (χ2v) is 10.8. The molecule has 1 aromatic carbocycles. The third-order valence-electron chi connectivity index (χ3n) is 6.45. The SMILES string of the molecule is COc1cc(N2CCCCS2(O)O)ccc1Nc1nc(NC2CCCC2)c2c(C#N)c[nH]c2n1. The van der Waals surface area contributed by atoms with Crippen LogP contribution < -0.4 is 19.7 Å². The molecule has 0 bridgehead atoms. The van der Waals surface area contributed by atoms with E-state index in [9.17, 15) is 14.4 Å². The highest BCUT2D eigenvalue weighted by molar-refractivity contribution is 8.25. The number of nitriles is 1. The van der Waals surface area contributed by atoms with Crippen LogP contribution in [0.5, 0.6) is 5.75 Å². The average Bonchev–Trinajstić information content (AvgIpc) is 3.49. The van der Waals surface area contributed by atoms with Crippen molar-refractivity contribution in [3.8, 4) is 11.8 Å². The molecule has 5 rings (SSSR count). The molecule has 2 aromatic heterocycles. The van der Waals surface area contributed by atoms with Gasteiger partial charge in [-0.2, -0.15) is 15.2 Å². The minimum atomic E-state index is -2.82. The van der Waals surface area contributed by atoms with Crippen LogP contribution in [0.1, 0.15) is 44.1 Å². The molecule has 2 fully saturated rings. The molecular weight excluding hydrogens is 454 g/mol. The summed E-state index contributed by atoms with van der Waals surface area (Å²) in [5, 5.41) is 17.0. The molecule has 34 heavy (non-hydrogen) atoms. The second-order valence-electron chi connectivity index (χ2n) is 8.71. The highest BCUT2D eigenvalue weighted by Gasteiger charge is 2.27. The first-order chi connectivity index (χ1) is 16.5. The van der Waals surface area contributed by atoms with Gasteiger partial charge in [0.05, 0.1) is 35.2 Å². The molecule has 3 heterocycles. The van der Waals surface area contributed by atoms with Gasteiger partial charge < -0.3 is 20.4 Å². The molecule has 0 amide bonds. The summed E-state index contributed by atoms with van der Waals surface area (Å²) in [6, 6.07) is 7.99. The number of fused-ring (bicyclic) bond motifs is 1. The fraction of sp³-hybridized carbons (Fsp3) is 0.435. The van der Waals surface area contributed by atoms with Crippen LogP contribution in [-0.2, 0) is 0 Å². The summed E-state index contributed by atoms with van der Waals surface area (Å²) in [6.45, 7) is 0.586. The highest BCUT2D eigenvalue weighted by atomic mass is 32.3. The van der Waals surface area contributed by atoms with Crippen molar-refractivity contribution in [1.82, 2.24) is 15.0 Å². The Labute approximate surface area is 199 Å². The number of nitrogens with one attached hydrogen (secondary N) is 3. The minimum Gasteiger partial charge on any atom is -0.494 e. The minimum absolute atomic E-state index is 0.325. The predicted molar refractivity (Wildman–Crippen MR) is 135 cm³/mol. The van der Waals surface area contributed by atoms with Crippen molar-refractivity contribution in [3.05, 3.63) is 30.0 Å². The second kappa shape index (κ2) is 9.21. The molecule has 180 valence electrons. The van der Waals surface area contributed by atoms with E-state index in [1.54, 1.807) is 23.7 Å². The normalized spacial score (nSPS) is 19.1. The summed E-state index contributed by atoms with van der Waals surface area (Å²) in [5.74, 6) is 1.92. The lowest BCUT2D eigenvalue weighted by molar-refractivity contribution is 0.416. The molecule has 0 unspecified atom stereocenters. The Kier molecular flexibility index (Phi) is 6.12. The summed E-state index contributed by atoms with van der Waals surface area (Å²) >= 11 is 0. The molecular formula is C23H29N7O3S. The summed E-state index contributed by atoms with van der Waals surface area (Å²) in [6.07, 6.45) is 7.87. The molecule has 1 saturated heterocycles. The van der Waals surface area contributed by atoms with Crippen molar-refractivity contribution in [1.29, 1.82) is 5.26 Å². The Morgan fingerprint density at radius 1 is 1.21 bits per heavy atom. The van der Waals surface area contributed by atoms with Crippen molar-refractivity contribution < 1.29 is 13.8 Å². The van der Waals surface area contributed by atoms with Gasteiger partial charge in [-0.1, -0.05) is 12.8 Å². The summed E-state index contributed by atoms with van der Waals surface area (Å²) in [5.41, 5.74) is 2.43. The summed E-state index contributed by atoms with van der Waals surface area (Å²) in [4.78, 5) is 12.4. The van der Waals surface area contributed by atoms with E-state index in [4.69, 9.17) is 9.72 Å². The largest absolute Gasteiger partial charge is 0.494 e. The Bertz CT molecular complexity index is 1230. The molecule has 0 spiro atoms. The fourth-order valence-electron chi connectivity index (χ4n) is 4.71. The van der Waals surface area contributed by atoms with Crippen molar-refractivity contribution >= 4 is 45.0 Å². The van der Waals surface area contributed by atoms with Crippen LogP contribution in [0.4, 0.5) is 23.1 Å². The standard InChI is InChI=1S/C23H29N7O3S/c1-33-19-12-17(30-10-4-5-11-34(30,31)32)8-9-18(19)27-23-28-21-20(15(13-24)14-25-21)22(29-23)26-16-6-2-3-7-16/h8-9,12,14,16,31-32H,2-7,10-11H2,1H3,(H3,25,26,27,28,29). The molecule has 0 atom stereocenters. The third-order valence-corrected chi connectivity index (χ3v) is 8.39. The van der Waals surface area contributed by atoms with Crippen molar-refractivity contribution in [2.45, 2.75) is 44.6 Å². The van der Waals surface area contributed by atoms with Crippen LogP contribution in [0.2, 0.25) is 0 Å². The Hall–Kier alpha value is -3.20. The van der Waals surface area contributed by atoms with Gasteiger partial charge >= 0.3 is 0 Å². The van der Waals surface area contributed by atoms with Crippen molar-refractivity contribution in [2.24, 2.45) is 0 Å². The van der Waals surface area contributed by atoms with E-state index in [0.717, 1.165) is 25.7 Å². The van der Waals surface area contributed by atoms with Gasteiger partial charge in [-0.25, -0.2) is 0 Å². The van der Waals surface area contributed by atoms with Crippen LogP contribution in [0, 0.1) is 11.3 Å². The van der Waals surface area contributed by atoms with Crippen LogP contribution in [0.3, 0.4) is 0 Å². The number of H-pyrrole nitrogens is 1. The number of benzene rings is 1. The number of ether oxygens (including phenoxy) is 1. The number of aromatic amines is 1. The number of anilines is 4. The monoisotopic (exact) mass is 483 g/mol. The Morgan fingerprint density at radius 2 is 2.03 bits per heavy atom. The van der Waals surface area contributed by atoms with Crippen LogP contribution in [0.25, 0.3) is 11.0 Å². The van der Waals surface area contributed by atoms with Gasteiger partial charge in [-0.15, -0.1) is 10.8 Å². The topological polar surface area (TPSA) is 142 Å².